The number of hydrogen-bond donors (Lipinski definition) is 1. The highest BCUT2D eigenvalue weighted by Crippen LogP contribution is 2.21. The van der Waals surface area contributed by atoms with Gasteiger partial charge in [-0.15, -0.1) is 0 Å². The van der Waals surface area contributed by atoms with Crippen molar-refractivity contribution in [1.82, 2.24) is 5.43 Å². The van der Waals surface area contributed by atoms with Crippen LogP contribution in [-0.2, 0) is 0 Å². The van der Waals surface area contributed by atoms with Gasteiger partial charge in [0.05, 0.1) is 11.1 Å². The molecule has 106 valence electrons. The van der Waals surface area contributed by atoms with Crippen LogP contribution in [0.1, 0.15) is 15.9 Å². The highest BCUT2D eigenvalue weighted by Gasteiger charge is 2.08. The molecular formula is C14H10BrN3O3. The van der Waals surface area contributed by atoms with E-state index in [0.29, 0.717) is 15.6 Å². The van der Waals surface area contributed by atoms with Gasteiger partial charge in [0, 0.05) is 27.7 Å². The Morgan fingerprint density at radius 3 is 2.57 bits per heavy atom. The molecule has 0 heterocycles. The third-order valence-corrected chi connectivity index (χ3v) is 3.29. The number of nitro benzene ring substituents is 1. The van der Waals surface area contributed by atoms with Gasteiger partial charge in [-0.2, -0.15) is 5.10 Å². The number of halogens is 1. The third kappa shape index (κ3) is 3.96. The van der Waals surface area contributed by atoms with Gasteiger partial charge in [0.15, 0.2) is 0 Å². The zero-order valence-corrected chi connectivity index (χ0v) is 12.3. The second-order valence-electron chi connectivity index (χ2n) is 4.03. The molecular weight excluding hydrogens is 338 g/mol. The van der Waals surface area contributed by atoms with Crippen LogP contribution in [0.4, 0.5) is 5.69 Å². The predicted octanol–water partition coefficient (Wildman–Crippen LogP) is 3.12. The number of nitrogens with zero attached hydrogens (tertiary/aromatic N) is 2. The van der Waals surface area contributed by atoms with E-state index in [-0.39, 0.29) is 11.6 Å². The number of carbonyl (C=O) groups is 1. The average Bonchev–Trinajstić information content (AvgIpc) is 2.49. The predicted molar refractivity (Wildman–Crippen MR) is 82.3 cm³/mol. The van der Waals surface area contributed by atoms with E-state index in [9.17, 15) is 14.9 Å². The van der Waals surface area contributed by atoms with E-state index in [0.717, 1.165) is 0 Å². The van der Waals surface area contributed by atoms with Crippen LogP contribution in [0.25, 0.3) is 0 Å². The van der Waals surface area contributed by atoms with Gasteiger partial charge in [-0.25, -0.2) is 5.43 Å². The standard InChI is InChI=1S/C14H10BrN3O3/c15-13-8-12(18(20)21)7-6-11(13)9-16-17-14(19)10-4-2-1-3-5-10/h1-9H,(H,17,19)/b16-9-. The first kappa shape index (κ1) is 14.9. The van der Waals surface area contributed by atoms with Crippen molar-refractivity contribution in [2.45, 2.75) is 0 Å². The summed E-state index contributed by atoms with van der Waals surface area (Å²) >= 11 is 3.22. The fraction of sp³-hybridized carbons (Fsp3) is 0. The minimum atomic E-state index is -0.483. The minimum absolute atomic E-state index is 0.0210. The molecule has 7 heteroatoms. The maximum absolute atomic E-state index is 11.7. The number of nitrogens with one attached hydrogen (secondary N) is 1. The van der Waals surface area contributed by atoms with Crippen LogP contribution in [0, 0.1) is 10.1 Å². The summed E-state index contributed by atoms with van der Waals surface area (Å²) in [6, 6.07) is 13.0. The van der Waals surface area contributed by atoms with Crippen molar-refractivity contribution in [3.8, 4) is 0 Å². The monoisotopic (exact) mass is 347 g/mol. The summed E-state index contributed by atoms with van der Waals surface area (Å²) < 4.78 is 0.523. The highest BCUT2D eigenvalue weighted by atomic mass is 79.9. The molecule has 1 N–H and O–H groups in total. The Labute approximate surface area is 128 Å². The maximum atomic E-state index is 11.7. The van der Waals surface area contributed by atoms with E-state index >= 15 is 0 Å². The maximum Gasteiger partial charge on any atom is 0.271 e. The molecule has 0 bridgehead atoms. The van der Waals surface area contributed by atoms with Gasteiger partial charge in [0.25, 0.3) is 11.6 Å². The largest absolute Gasteiger partial charge is 0.271 e. The quantitative estimate of drug-likeness (QED) is 0.523. The molecule has 21 heavy (non-hydrogen) atoms. The number of rotatable bonds is 4. The van der Waals surface area contributed by atoms with E-state index in [4.69, 9.17) is 0 Å². The smallest absolute Gasteiger partial charge is 0.267 e. The van der Waals surface area contributed by atoms with E-state index in [1.807, 2.05) is 6.07 Å². The van der Waals surface area contributed by atoms with Gasteiger partial charge < -0.3 is 0 Å². The molecule has 0 saturated heterocycles. The number of hydrogen-bond acceptors (Lipinski definition) is 4. The Morgan fingerprint density at radius 1 is 1.24 bits per heavy atom. The summed E-state index contributed by atoms with van der Waals surface area (Å²) in [6.45, 7) is 0. The Morgan fingerprint density at radius 2 is 1.95 bits per heavy atom. The summed E-state index contributed by atoms with van der Waals surface area (Å²) in [7, 11) is 0. The zero-order valence-electron chi connectivity index (χ0n) is 10.7. The summed E-state index contributed by atoms with van der Waals surface area (Å²) in [5.74, 6) is -0.329. The molecule has 0 aliphatic rings. The molecule has 0 atom stereocenters. The molecule has 1 amide bonds. The van der Waals surface area contributed by atoms with Crippen LogP contribution in [0.15, 0.2) is 58.1 Å². The second-order valence-corrected chi connectivity index (χ2v) is 4.88. The minimum Gasteiger partial charge on any atom is -0.267 e. The van der Waals surface area contributed by atoms with Crippen molar-refractivity contribution in [1.29, 1.82) is 0 Å². The van der Waals surface area contributed by atoms with E-state index in [1.165, 1.54) is 18.3 Å². The van der Waals surface area contributed by atoms with Crippen molar-refractivity contribution in [3.05, 3.63) is 74.2 Å². The molecule has 6 nitrogen and oxygen atoms in total. The highest BCUT2D eigenvalue weighted by molar-refractivity contribution is 9.10. The Hall–Kier alpha value is -2.54. The van der Waals surface area contributed by atoms with Gasteiger partial charge in [-0.05, 0) is 34.1 Å². The summed E-state index contributed by atoms with van der Waals surface area (Å²) in [5, 5.41) is 14.4. The SMILES string of the molecule is O=C(N/N=C\c1ccc([N+](=O)[O-])cc1Br)c1ccccc1. The second kappa shape index (κ2) is 6.76. The topological polar surface area (TPSA) is 84.6 Å². The summed E-state index contributed by atoms with van der Waals surface area (Å²) in [6.07, 6.45) is 1.41. The van der Waals surface area contributed by atoms with Crippen molar-refractivity contribution >= 4 is 33.7 Å². The number of carbonyl (C=O) groups excluding carboxylic acids is 1. The Balaban J connectivity index is 2.05. The first-order valence-corrected chi connectivity index (χ1v) is 6.69. The zero-order chi connectivity index (χ0) is 15.2. The van der Waals surface area contributed by atoms with E-state index in [2.05, 4.69) is 26.5 Å². The lowest BCUT2D eigenvalue weighted by Crippen LogP contribution is -2.17. The molecule has 0 aliphatic heterocycles. The lowest BCUT2D eigenvalue weighted by Gasteiger charge is -2.00. The number of hydrazone groups is 1. The van der Waals surface area contributed by atoms with Crippen molar-refractivity contribution < 1.29 is 9.72 Å². The normalized spacial score (nSPS) is 10.5. The number of benzene rings is 2. The van der Waals surface area contributed by atoms with Crippen LogP contribution >= 0.6 is 15.9 Å². The molecule has 2 aromatic carbocycles. The van der Waals surface area contributed by atoms with Crippen LogP contribution in [-0.4, -0.2) is 17.0 Å². The molecule has 0 aromatic heterocycles. The average molecular weight is 348 g/mol. The summed E-state index contributed by atoms with van der Waals surface area (Å²) in [5.41, 5.74) is 3.48. The van der Waals surface area contributed by atoms with Crippen molar-refractivity contribution in [2.24, 2.45) is 5.10 Å². The first-order valence-electron chi connectivity index (χ1n) is 5.90. The number of amides is 1. The van der Waals surface area contributed by atoms with Gasteiger partial charge in [-0.1, -0.05) is 18.2 Å². The van der Waals surface area contributed by atoms with Crippen LogP contribution in [0.2, 0.25) is 0 Å². The van der Waals surface area contributed by atoms with Gasteiger partial charge in [0.1, 0.15) is 0 Å². The summed E-state index contributed by atoms with van der Waals surface area (Å²) in [4.78, 5) is 21.9. The molecule has 0 aliphatic carbocycles. The van der Waals surface area contributed by atoms with Crippen molar-refractivity contribution in [3.63, 3.8) is 0 Å². The molecule has 0 radical (unpaired) electrons. The van der Waals surface area contributed by atoms with E-state index < -0.39 is 4.92 Å². The lowest BCUT2D eigenvalue weighted by molar-refractivity contribution is -0.384. The molecule has 0 spiro atoms. The fourth-order valence-corrected chi connectivity index (χ4v) is 2.02. The van der Waals surface area contributed by atoms with Crippen LogP contribution in [0.3, 0.4) is 0 Å². The molecule has 2 aromatic rings. The van der Waals surface area contributed by atoms with Gasteiger partial charge >= 0.3 is 0 Å². The Bertz CT molecular complexity index is 702. The first-order chi connectivity index (χ1) is 10.1. The molecule has 0 fully saturated rings. The fourth-order valence-electron chi connectivity index (χ4n) is 1.55. The van der Waals surface area contributed by atoms with Gasteiger partial charge in [-0.3, -0.25) is 14.9 Å². The number of nitro groups is 1. The van der Waals surface area contributed by atoms with Gasteiger partial charge in [0.2, 0.25) is 0 Å². The lowest BCUT2D eigenvalue weighted by atomic mass is 10.2. The van der Waals surface area contributed by atoms with Crippen molar-refractivity contribution in [2.75, 3.05) is 0 Å². The molecule has 0 saturated carbocycles. The van der Waals surface area contributed by atoms with Crippen LogP contribution < -0.4 is 5.43 Å². The Kier molecular flexibility index (Phi) is 4.78. The van der Waals surface area contributed by atoms with E-state index in [1.54, 1.807) is 30.3 Å². The van der Waals surface area contributed by atoms with Crippen LogP contribution in [0.5, 0.6) is 0 Å². The third-order valence-electron chi connectivity index (χ3n) is 2.60. The molecule has 0 unspecified atom stereocenters. The number of non-ortho nitro benzene ring substituents is 1. The molecule has 2 rings (SSSR count).